The van der Waals surface area contributed by atoms with Gasteiger partial charge in [-0.1, -0.05) is 35.9 Å². The summed E-state index contributed by atoms with van der Waals surface area (Å²) in [7, 11) is 0. The van der Waals surface area contributed by atoms with Crippen molar-refractivity contribution in [2.75, 3.05) is 0 Å². The first-order chi connectivity index (χ1) is 10.1. The van der Waals surface area contributed by atoms with Gasteiger partial charge in [-0.3, -0.25) is 0 Å². The monoisotopic (exact) mass is 300 g/mol. The van der Waals surface area contributed by atoms with Crippen molar-refractivity contribution < 1.29 is 13.9 Å². The number of carbonyl (C=O) groups is 1. The van der Waals surface area contributed by atoms with E-state index in [1.165, 1.54) is 24.3 Å². The van der Waals surface area contributed by atoms with Crippen LogP contribution in [0.4, 0.5) is 4.39 Å². The Hall–Kier alpha value is -2.39. The number of ether oxygens (including phenoxy) is 1. The van der Waals surface area contributed by atoms with Crippen molar-refractivity contribution in [2.24, 2.45) is 0 Å². The number of hydrogen-bond acceptors (Lipinski definition) is 2. The number of esters is 1. The van der Waals surface area contributed by atoms with Crippen LogP contribution in [0.5, 0.6) is 5.75 Å². The van der Waals surface area contributed by atoms with Gasteiger partial charge in [-0.05, 0) is 36.4 Å². The number of carbonyl (C=O) groups excluding carboxylic acids is 1. The second kappa shape index (κ2) is 5.54. The molecule has 0 aliphatic heterocycles. The van der Waals surface area contributed by atoms with Crippen molar-refractivity contribution in [3.05, 3.63) is 77.1 Å². The SMILES string of the molecule is O=C(Oc1ccc(Cl)c2ccccc12)c1ccc(F)cc1. The first-order valence-corrected chi connectivity index (χ1v) is 6.68. The maximum Gasteiger partial charge on any atom is 0.343 e. The molecule has 3 aromatic rings. The minimum absolute atomic E-state index is 0.287. The first-order valence-electron chi connectivity index (χ1n) is 6.30. The molecule has 3 rings (SSSR count). The van der Waals surface area contributed by atoms with Crippen molar-refractivity contribution in [1.82, 2.24) is 0 Å². The fourth-order valence-electron chi connectivity index (χ4n) is 2.07. The minimum Gasteiger partial charge on any atom is -0.422 e. The third kappa shape index (κ3) is 2.73. The highest BCUT2D eigenvalue weighted by Gasteiger charge is 2.12. The molecule has 0 N–H and O–H groups in total. The molecule has 104 valence electrons. The minimum atomic E-state index is -0.539. The van der Waals surface area contributed by atoms with Crippen LogP contribution < -0.4 is 4.74 Å². The number of hydrogen-bond donors (Lipinski definition) is 0. The Kier molecular flexibility index (Phi) is 3.59. The Bertz CT molecular complexity index is 813. The molecular formula is C17H10ClFO2. The lowest BCUT2D eigenvalue weighted by Gasteiger charge is -2.09. The Morgan fingerprint density at radius 2 is 1.57 bits per heavy atom. The topological polar surface area (TPSA) is 26.3 Å². The molecule has 21 heavy (non-hydrogen) atoms. The van der Waals surface area contributed by atoms with Crippen LogP contribution in [0, 0.1) is 5.82 Å². The van der Waals surface area contributed by atoms with Crippen LogP contribution in [-0.2, 0) is 0 Å². The van der Waals surface area contributed by atoms with E-state index in [0.29, 0.717) is 10.8 Å². The molecule has 0 heterocycles. The van der Waals surface area contributed by atoms with Gasteiger partial charge >= 0.3 is 5.97 Å². The summed E-state index contributed by atoms with van der Waals surface area (Å²) in [5.41, 5.74) is 0.287. The van der Waals surface area contributed by atoms with Crippen molar-refractivity contribution in [3.8, 4) is 5.75 Å². The summed E-state index contributed by atoms with van der Waals surface area (Å²) >= 11 is 6.12. The van der Waals surface area contributed by atoms with Crippen molar-refractivity contribution in [1.29, 1.82) is 0 Å². The average molecular weight is 301 g/mol. The molecule has 0 fully saturated rings. The van der Waals surface area contributed by atoms with Crippen LogP contribution in [0.3, 0.4) is 0 Å². The molecule has 0 unspecified atom stereocenters. The predicted octanol–water partition coefficient (Wildman–Crippen LogP) is 4.85. The molecule has 0 aromatic heterocycles. The molecule has 0 saturated heterocycles. The maximum atomic E-state index is 12.9. The highest BCUT2D eigenvalue weighted by molar-refractivity contribution is 6.35. The zero-order valence-corrected chi connectivity index (χ0v) is 11.6. The molecule has 4 heteroatoms. The lowest BCUT2D eigenvalue weighted by atomic mass is 10.1. The zero-order chi connectivity index (χ0) is 14.8. The van der Waals surface area contributed by atoms with E-state index in [-0.39, 0.29) is 5.56 Å². The lowest BCUT2D eigenvalue weighted by Crippen LogP contribution is -2.08. The third-order valence-electron chi connectivity index (χ3n) is 3.11. The van der Waals surface area contributed by atoms with Gasteiger partial charge in [-0.2, -0.15) is 0 Å². The summed E-state index contributed by atoms with van der Waals surface area (Å²) in [5.74, 6) is -0.518. The van der Waals surface area contributed by atoms with E-state index in [1.807, 2.05) is 24.3 Å². The molecule has 3 aromatic carbocycles. The smallest absolute Gasteiger partial charge is 0.343 e. The van der Waals surface area contributed by atoms with E-state index in [1.54, 1.807) is 12.1 Å². The second-order valence-corrected chi connectivity index (χ2v) is 4.89. The van der Waals surface area contributed by atoms with Gasteiger partial charge in [0, 0.05) is 15.8 Å². The molecule has 0 radical (unpaired) electrons. The van der Waals surface area contributed by atoms with Gasteiger partial charge < -0.3 is 4.74 Å². The summed E-state index contributed by atoms with van der Waals surface area (Å²) in [6, 6.07) is 15.9. The van der Waals surface area contributed by atoms with Crippen LogP contribution in [0.2, 0.25) is 5.02 Å². The predicted molar refractivity (Wildman–Crippen MR) is 80.3 cm³/mol. The zero-order valence-electron chi connectivity index (χ0n) is 10.8. The van der Waals surface area contributed by atoms with Gasteiger partial charge in [-0.25, -0.2) is 9.18 Å². The van der Waals surface area contributed by atoms with Crippen LogP contribution >= 0.6 is 11.6 Å². The fourth-order valence-corrected chi connectivity index (χ4v) is 2.30. The molecular weight excluding hydrogens is 291 g/mol. The lowest BCUT2D eigenvalue weighted by molar-refractivity contribution is 0.0737. The van der Waals surface area contributed by atoms with Crippen LogP contribution in [0.15, 0.2) is 60.7 Å². The van der Waals surface area contributed by atoms with E-state index in [4.69, 9.17) is 16.3 Å². The van der Waals surface area contributed by atoms with Gasteiger partial charge in [0.15, 0.2) is 0 Å². The second-order valence-electron chi connectivity index (χ2n) is 4.49. The van der Waals surface area contributed by atoms with Crippen LogP contribution in [-0.4, -0.2) is 5.97 Å². The van der Waals surface area contributed by atoms with Crippen molar-refractivity contribution in [2.45, 2.75) is 0 Å². The van der Waals surface area contributed by atoms with Gasteiger partial charge in [0.25, 0.3) is 0 Å². The van der Waals surface area contributed by atoms with Gasteiger partial charge in [0.05, 0.1) is 5.56 Å². The van der Waals surface area contributed by atoms with E-state index in [0.717, 1.165) is 10.8 Å². The molecule has 0 bridgehead atoms. The summed E-state index contributed by atoms with van der Waals surface area (Å²) in [6.45, 7) is 0. The molecule has 0 atom stereocenters. The summed E-state index contributed by atoms with van der Waals surface area (Å²) in [6.07, 6.45) is 0. The number of fused-ring (bicyclic) bond motifs is 1. The third-order valence-corrected chi connectivity index (χ3v) is 3.44. The first kappa shape index (κ1) is 13.6. The Balaban J connectivity index is 1.97. The van der Waals surface area contributed by atoms with Gasteiger partial charge in [0.2, 0.25) is 0 Å². The van der Waals surface area contributed by atoms with E-state index >= 15 is 0 Å². The van der Waals surface area contributed by atoms with Crippen molar-refractivity contribution >= 4 is 28.3 Å². The number of benzene rings is 3. The Labute approximate surface area is 125 Å². The maximum absolute atomic E-state index is 12.9. The number of rotatable bonds is 2. The molecule has 0 aliphatic carbocycles. The van der Waals surface area contributed by atoms with Gasteiger partial charge in [-0.15, -0.1) is 0 Å². The van der Waals surface area contributed by atoms with E-state index < -0.39 is 11.8 Å². The average Bonchev–Trinajstić information content (AvgIpc) is 2.51. The van der Waals surface area contributed by atoms with Crippen LogP contribution in [0.25, 0.3) is 10.8 Å². The highest BCUT2D eigenvalue weighted by Crippen LogP contribution is 2.31. The van der Waals surface area contributed by atoms with E-state index in [2.05, 4.69) is 0 Å². The quantitative estimate of drug-likeness (QED) is 0.499. The Morgan fingerprint density at radius 3 is 2.29 bits per heavy atom. The summed E-state index contributed by atoms with van der Waals surface area (Å²) < 4.78 is 18.3. The standard InChI is InChI=1S/C17H10ClFO2/c18-15-9-10-16(14-4-2-1-3-13(14)15)21-17(20)11-5-7-12(19)8-6-11/h1-10H. The summed E-state index contributed by atoms with van der Waals surface area (Å²) in [5, 5.41) is 2.15. The normalized spacial score (nSPS) is 10.6. The molecule has 0 saturated carbocycles. The largest absolute Gasteiger partial charge is 0.422 e. The highest BCUT2D eigenvalue weighted by atomic mass is 35.5. The molecule has 0 amide bonds. The van der Waals surface area contributed by atoms with Crippen molar-refractivity contribution in [3.63, 3.8) is 0 Å². The van der Waals surface area contributed by atoms with Crippen LogP contribution in [0.1, 0.15) is 10.4 Å². The number of halogens is 2. The van der Waals surface area contributed by atoms with Gasteiger partial charge in [0.1, 0.15) is 11.6 Å². The Morgan fingerprint density at radius 1 is 0.905 bits per heavy atom. The molecule has 0 spiro atoms. The summed E-state index contributed by atoms with van der Waals surface area (Å²) in [4.78, 5) is 12.1. The molecule has 2 nitrogen and oxygen atoms in total. The fraction of sp³-hybridized carbons (Fsp3) is 0. The molecule has 0 aliphatic rings. The van der Waals surface area contributed by atoms with E-state index in [9.17, 15) is 9.18 Å².